The van der Waals surface area contributed by atoms with Gasteiger partial charge in [0, 0.05) is 11.4 Å². The molecule has 0 unspecified atom stereocenters. The number of hydrogen-bond acceptors (Lipinski definition) is 6. The molecular formula is C21H15F3N4O2. The lowest BCUT2D eigenvalue weighted by Gasteiger charge is -2.14. The van der Waals surface area contributed by atoms with E-state index in [1.54, 1.807) is 24.3 Å². The van der Waals surface area contributed by atoms with E-state index >= 15 is 0 Å². The molecule has 1 heterocycles. The van der Waals surface area contributed by atoms with Gasteiger partial charge in [-0.15, -0.1) is 0 Å². The van der Waals surface area contributed by atoms with Gasteiger partial charge in [0.15, 0.2) is 11.6 Å². The molecule has 0 atom stereocenters. The smallest absolute Gasteiger partial charge is 0.416 e. The lowest BCUT2D eigenvalue weighted by Crippen LogP contribution is -2.06. The van der Waals surface area contributed by atoms with E-state index in [1.807, 2.05) is 0 Å². The predicted octanol–water partition coefficient (Wildman–Crippen LogP) is 5.55. The highest BCUT2D eigenvalue weighted by molar-refractivity contribution is 5.84. The summed E-state index contributed by atoms with van der Waals surface area (Å²) < 4.78 is 39.2. The van der Waals surface area contributed by atoms with Crippen LogP contribution in [0.25, 0.3) is 11.0 Å². The molecule has 0 saturated carbocycles. The molecule has 4 aromatic rings. The van der Waals surface area contributed by atoms with Crippen LogP contribution in [0.5, 0.6) is 11.5 Å². The van der Waals surface area contributed by atoms with E-state index in [0.29, 0.717) is 11.4 Å². The van der Waals surface area contributed by atoms with E-state index in [-0.39, 0.29) is 34.2 Å². The SMILES string of the molecule is Oc1ccc(Nc2nc3ccc(C(F)(F)F)cc3nc2Nc2ccc(O)cc2)cc1. The van der Waals surface area contributed by atoms with Gasteiger partial charge in [0.05, 0.1) is 16.6 Å². The van der Waals surface area contributed by atoms with Crippen LogP contribution in [0.1, 0.15) is 5.56 Å². The van der Waals surface area contributed by atoms with Gasteiger partial charge >= 0.3 is 6.18 Å². The van der Waals surface area contributed by atoms with Crippen LogP contribution in [0.4, 0.5) is 36.2 Å². The van der Waals surface area contributed by atoms with Gasteiger partial charge in [-0.2, -0.15) is 13.2 Å². The highest BCUT2D eigenvalue weighted by atomic mass is 19.4. The van der Waals surface area contributed by atoms with E-state index in [9.17, 15) is 23.4 Å². The van der Waals surface area contributed by atoms with Crippen molar-refractivity contribution in [3.05, 3.63) is 72.3 Å². The second-order valence-electron chi connectivity index (χ2n) is 6.47. The number of hydrogen-bond donors (Lipinski definition) is 4. The molecule has 1 aromatic heterocycles. The normalized spacial score (nSPS) is 11.4. The second-order valence-corrected chi connectivity index (χ2v) is 6.47. The van der Waals surface area contributed by atoms with Crippen molar-refractivity contribution in [1.82, 2.24) is 9.97 Å². The zero-order valence-electron chi connectivity index (χ0n) is 15.3. The Hall–Kier alpha value is -4.01. The Morgan fingerprint density at radius 2 is 1.10 bits per heavy atom. The summed E-state index contributed by atoms with van der Waals surface area (Å²) in [5, 5.41) is 24.9. The van der Waals surface area contributed by atoms with Crippen molar-refractivity contribution >= 4 is 34.0 Å². The molecule has 0 radical (unpaired) electrons. The zero-order valence-corrected chi connectivity index (χ0v) is 15.3. The van der Waals surface area contributed by atoms with Gasteiger partial charge in [0.2, 0.25) is 0 Å². The molecular weight excluding hydrogens is 397 g/mol. The van der Waals surface area contributed by atoms with E-state index in [2.05, 4.69) is 20.6 Å². The Kier molecular flexibility index (Phi) is 4.78. The van der Waals surface area contributed by atoms with Crippen LogP contribution in [0.15, 0.2) is 66.7 Å². The molecule has 6 nitrogen and oxygen atoms in total. The largest absolute Gasteiger partial charge is 0.508 e. The van der Waals surface area contributed by atoms with Crippen LogP contribution in [-0.2, 0) is 6.18 Å². The summed E-state index contributed by atoms with van der Waals surface area (Å²) in [5.74, 6) is 0.635. The van der Waals surface area contributed by atoms with E-state index in [1.165, 1.54) is 30.3 Å². The van der Waals surface area contributed by atoms with Crippen molar-refractivity contribution in [3.8, 4) is 11.5 Å². The van der Waals surface area contributed by atoms with Crippen LogP contribution in [0.2, 0.25) is 0 Å². The number of phenols is 2. The van der Waals surface area contributed by atoms with Crippen LogP contribution >= 0.6 is 0 Å². The number of phenolic OH excluding ortho intramolecular Hbond substituents is 2. The Morgan fingerprint density at radius 1 is 0.633 bits per heavy atom. The first-order valence-electron chi connectivity index (χ1n) is 8.79. The molecule has 4 N–H and O–H groups in total. The van der Waals surface area contributed by atoms with E-state index in [4.69, 9.17) is 0 Å². The van der Waals surface area contributed by atoms with E-state index in [0.717, 1.165) is 12.1 Å². The Balaban J connectivity index is 1.79. The molecule has 9 heteroatoms. The summed E-state index contributed by atoms with van der Waals surface area (Å²) in [6.45, 7) is 0. The summed E-state index contributed by atoms with van der Waals surface area (Å²) in [6, 6.07) is 15.5. The molecule has 0 aliphatic carbocycles. The molecule has 0 saturated heterocycles. The second kappa shape index (κ2) is 7.43. The minimum absolute atomic E-state index is 0.0716. The zero-order chi connectivity index (χ0) is 21.3. The predicted molar refractivity (Wildman–Crippen MR) is 107 cm³/mol. The summed E-state index contributed by atoms with van der Waals surface area (Å²) in [6.07, 6.45) is -4.50. The Morgan fingerprint density at radius 3 is 1.57 bits per heavy atom. The fourth-order valence-corrected chi connectivity index (χ4v) is 2.77. The van der Waals surface area contributed by atoms with Gasteiger partial charge in [-0.1, -0.05) is 0 Å². The van der Waals surface area contributed by atoms with Gasteiger partial charge in [-0.25, -0.2) is 9.97 Å². The third-order valence-corrected chi connectivity index (χ3v) is 4.25. The van der Waals surface area contributed by atoms with Crippen LogP contribution in [-0.4, -0.2) is 20.2 Å². The number of aromatic hydroxyl groups is 2. The topological polar surface area (TPSA) is 90.3 Å². The number of benzene rings is 3. The van der Waals surface area contributed by atoms with Crippen molar-refractivity contribution in [2.24, 2.45) is 0 Å². The molecule has 30 heavy (non-hydrogen) atoms. The molecule has 0 aliphatic heterocycles. The third kappa shape index (κ3) is 4.19. The third-order valence-electron chi connectivity index (χ3n) is 4.25. The molecule has 4 rings (SSSR count). The quantitative estimate of drug-likeness (QED) is 0.329. The van der Waals surface area contributed by atoms with Gasteiger partial charge in [0.1, 0.15) is 11.5 Å². The van der Waals surface area contributed by atoms with Gasteiger partial charge in [-0.05, 0) is 66.7 Å². The van der Waals surface area contributed by atoms with Gasteiger partial charge in [0.25, 0.3) is 0 Å². The van der Waals surface area contributed by atoms with Crippen molar-refractivity contribution in [3.63, 3.8) is 0 Å². The number of fused-ring (bicyclic) bond motifs is 1. The van der Waals surface area contributed by atoms with Gasteiger partial charge in [-0.3, -0.25) is 0 Å². The lowest BCUT2D eigenvalue weighted by atomic mass is 10.2. The lowest BCUT2D eigenvalue weighted by molar-refractivity contribution is -0.137. The van der Waals surface area contributed by atoms with Crippen molar-refractivity contribution in [1.29, 1.82) is 0 Å². The maximum atomic E-state index is 13.1. The molecule has 0 fully saturated rings. The van der Waals surface area contributed by atoms with Crippen molar-refractivity contribution < 1.29 is 23.4 Å². The molecule has 0 bridgehead atoms. The first-order valence-corrected chi connectivity index (χ1v) is 8.79. The highest BCUT2D eigenvalue weighted by Gasteiger charge is 2.30. The van der Waals surface area contributed by atoms with E-state index < -0.39 is 11.7 Å². The summed E-state index contributed by atoms with van der Waals surface area (Å²) in [5.41, 5.74) is 0.686. The Bertz CT molecular complexity index is 1190. The Labute approximate surface area is 168 Å². The van der Waals surface area contributed by atoms with Crippen molar-refractivity contribution in [2.75, 3.05) is 10.6 Å². The molecule has 0 aliphatic rings. The molecule has 152 valence electrons. The van der Waals surface area contributed by atoms with Crippen LogP contribution in [0.3, 0.4) is 0 Å². The fraction of sp³-hybridized carbons (Fsp3) is 0.0476. The number of nitrogens with one attached hydrogen (secondary N) is 2. The number of anilines is 4. The molecule has 0 amide bonds. The first-order chi connectivity index (χ1) is 14.3. The number of rotatable bonds is 4. The molecule has 3 aromatic carbocycles. The van der Waals surface area contributed by atoms with Crippen LogP contribution < -0.4 is 10.6 Å². The maximum Gasteiger partial charge on any atom is 0.416 e. The first kappa shape index (κ1) is 19.3. The minimum atomic E-state index is -4.50. The van der Waals surface area contributed by atoms with Crippen LogP contribution in [0, 0.1) is 0 Å². The number of alkyl halides is 3. The minimum Gasteiger partial charge on any atom is -0.508 e. The maximum absolute atomic E-state index is 13.1. The number of aromatic nitrogens is 2. The monoisotopic (exact) mass is 412 g/mol. The number of halogens is 3. The summed E-state index contributed by atoms with van der Waals surface area (Å²) >= 11 is 0. The standard InChI is InChI=1S/C21H15F3N4O2/c22-21(23,24)12-1-10-17-18(11-12)28-20(26-14-4-8-16(30)9-5-14)19(27-17)25-13-2-6-15(29)7-3-13/h1-11,29-30H,(H,25,27)(H,26,28). The fourth-order valence-electron chi connectivity index (χ4n) is 2.77. The average Bonchev–Trinajstić information content (AvgIpc) is 2.70. The highest BCUT2D eigenvalue weighted by Crippen LogP contribution is 2.33. The average molecular weight is 412 g/mol. The van der Waals surface area contributed by atoms with Gasteiger partial charge < -0.3 is 20.8 Å². The van der Waals surface area contributed by atoms with Crippen molar-refractivity contribution in [2.45, 2.75) is 6.18 Å². The number of nitrogens with zero attached hydrogens (tertiary/aromatic N) is 2. The summed E-state index contributed by atoms with van der Waals surface area (Å²) in [4.78, 5) is 8.75. The summed E-state index contributed by atoms with van der Waals surface area (Å²) in [7, 11) is 0. The molecule has 0 spiro atoms.